The van der Waals surface area contributed by atoms with E-state index in [4.69, 9.17) is 0 Å². The predicted molar refractivity (Wildman–Crippen MR) is 83.7 cm³/mol. The Hall–Kier alpha value is -0.900. The number of aliphatic hydroxyl groups excluding tert-OH is 1. The number of aliphatic hydroxyl groups is 1. The monoisotopic (exact) mass is 276 g/mol. The highest BCUT2D eigenvalue weighted by molar-refractivity contribution is 5.25. The highest BCUT2D eigenvalue weighted by Gasteiger charge is 2.36. The lowest BCUT2D eigenvalue weighted by atomic mass is 9.87. The molecule has 1 aromatic carbocycles. The largest absolute Gasteiger partial charge is 0.394 e. The van der Waals surface area contributed by atoms with E-state index in [1.165, 1.54) is 19.3 Å². The van der Waals surface area contributed by atoms with Crippen LogP contribution in [-0.4, -0.2) is 42.3 Å². The van der Waals surface area contributed by atoms with Crippen LogP contribution in [0.5, 0.6) is 0 Å². The van der Waals surface area contributed by atoms with Crippen molar-refractivity contribution in [1.29, 1.82) is 0 Å². The van der Waals surface area contributed by atoms with Crippen LogP contribution in [0.2, 0.25) is 0 Å². The Balaban J connectivity index is 2.25. The van der Waals surface area contributed by atoms with Crippen LogP contribution in [0, 0.1) is 0 Å². The minimum atomic E-state index is -0.374. The molecule has 0 bridgehead atoms. The van der Waals surface area contributed by atoms with Crippen molar-refractivity contribution in [1.82, 2.24) is 10.2 Å². The van der Waals surface area contributed by atoms with Gasteiger partial charge in [-0.2, -0.15) is 0 Å². The Morgan fingerprint density at radius 1 is 1.20 bits per heavy atom. The van der Waals surface area contributed by atoms with E-state index in [0.717, 1.165) is 12.1 Å². The Morgan fingerprint density at radius 2 is 1.80 bits per heavy atom. The number of nitrogens with zero attached hydrogens (tertiary/aromatic N) is 1. The molecule has 1 aromatic rings. The van der Waals surface area contributed by atoms with Gasteiger partial charge in [-0.25, -0.2) is 0 Å². The second-order valence-electron chi connectivity index (χ2n) is 6.16. The van der Waals surface area contributed by atoms with E-state index in [2.05, 4.69) is 36.2 Å². The van der Waals surface area contributed by atoms with Gasteiger partial charge in [0.1, 0.15) is 0 Å². The number of hydrogen-bond acceptors (Lipinski definition) is 3. The van der Waals surface area contributed by atoms with Gasteiger partial charge in [-0.3, -0.25) is 4.90 Å². The Morgan fingerprint density at radius 3 is 2.30 bits per heavy atom. The van der Waals surface area contributed by atoms with E-state index in [1.54, 1.807) is 0 Å². The molecule has 0 aliphatic carbocycles. The first-order valence-corrected chi connectivity index (χ1v) is 7.74. The molecule has 0 spiro atoms. The molecule has 2 rings (SSSR count). The summed E-state index contributed by atoms with van der Waals surface area (Å²) >= 11 is 0. The van der Waals surface area contributed by atoms with Gasteiger partial charge in [-0.05, 0) is 39.3 Å². The first-order valence-electron chi connectivity index (χ1n) is 7.74. The van der Waals surface area contributed by atoms with Gasteiger partial charge in [0.15, 0.2) is 0 Å². The Labute approximate surface area is 123 Å². The second-order valence-corrected chi connectivity index (χ2v) is 6.16. The summed E-state index contributed by atoms with van der Waals surface area (Å²) in [7, 11) is 1.95. The molecule has 3 heteroatoms. The fourth-order valence-corrected chi connectivity index (χ4v) is 3.39. The number of hydrogen-bond donors (Lipinski definition) is 2. The van der Waals surface area contributed by atoms with Gasteiger partial charge >= 0.3 is 0 Å². The van der Waals surface area contributed by atoms with Crippen molar-refractivity contribution in [3.8, 4) is 0 Å². The van der Waals surface area contributed by atoms with Gasteiger partial charge in [0.2, 0.25) is 0 Å². The van der Waals surface area contributed by atoms with Gasteiger partial charge in [-0.1, -0.05) is 36.8 Å². The maximum atomic E-state index is 10.0. The van der Waals surface area contributed by atoms with Crippen molar-refractivity contribution in [2.75, 3.05) is 20.2 Å². The molecule has 3 unspecified atom stereocenters. The van der Waals surface area contributed by atoms with Crippen molar-refractivity contribution in [2.45, 2.75) is 50.7 Å². The third kappa shape index (κ3) is 3.05. The maximum Gasteiger partial charge on any atom is 0.0795 e. The van der Waals surface area contributed by atoms with Crippen LogP contribution < -0.4 is 5.32 Å². The zero-order chi connectivity index (χ0) is 14.6. The summed E-state index contributed by atoms with van der Waals surface area (Å²) in [5.74, 6) is 0. The molecule has 0 aromatic heterocycles. The van der Waals surface area contributed by atoms with Crippen molar-refractivity contribution < 1.29 is 5.11 Å². The lowest BCUT2D eigenvalue weighted by Crippen LogP contribution is -2.57. The smallest absolute Gasteiger partial charge is 0.0795 e. The number of likely N-dealkylation sites (N-methyl/N-ethyl adjacent to an activating group) is 1. The van der Waals surface area contributed by atoms with E-state index >= 15 is 0 Å². The van der Waals surface area contributed by atoms with Gasteiger partial charge in [0.25, 0.3) is 0 Å². The van der Waals surface area contributed by atoms with E-state index in [-0.39, 0.29) is 12.1 Å². The van der Waals surface area contributed by atoms with Gasteiger partial charge in [-0.15, -0.1) is 0 Å². The molecule has 112 valence electrons. The minimum absolute atomic E-state index is 0.115. The maximum absolute atomic E-state index is 10.0. The number of nitrogens with one attached hydrogen (secondary N) is 1. The molecule has 1 heterocycles. The molecule has 3 nitrogen and oxygen atoms in total. The zero-order valence-electron chi connectivity index (χ0n) is 13.0. The number of piperidine rings is 1. The minimum Gasteiger partial charge on any atom is -0.394 e. The van der Waals surface area contributed by atoms with Crippen molar-refractivity contribution in [3.05, 3.63) is 35.9 Å². The Bertz CT molecular complexity index is 393. The summed E-state index contributed by atoms with van der Waals surface area (Å²) in [5, 5.41) is 13.4. The molecule has 1 fully saturated rings. The predicted octanol–water partition coefficient (Wildman–Crippen LogP) is 2.36. The molecule has 0 radical (unpaired) electrons. The van der Waals surface area contributed by atoms with Crippen LogP contribution in [0.4, 0.5) is 0 Å². The van der Waals surface area contributed by atoms with Crippen molar-refractivity contribution >= 4 is 0 Å². The average Bonchev–Trinajstić information content (AvgIpc) is 2.49. The van der Waals surface area contributed by atoms with E-state index in [9.17, 15) is 5.11 Å². The molecule has 0 amide bonds. The fraction of sp³-hybridized carbons (Fsp3) is 0.647. The molecule has 1 aliphatic rings. The summed E-state index contributed by atoms with van der Waals surface area (Å²) in [5.41, 5.74) is 0.788. The average molecular weight is 276 g/mol. The summed E-state index contributed by atoms with van der Waals surface area (Å²) < 4.78 is 0. The van der Waals surface area contributed by atoms with Crippen LogP contribution in [0.15, 0.2) is 30.3 Å². The number of benzene rings is 1. The lowest BCUT2D eigenvalue weighted by molar-refractivity contribution is 0.0422. The first kappa shape index (κ1) is 15.5. The second kappa shape index (κ2) is 6.70. The molecular weight excluding hydrogens is 248 g/mol. The molecule has 3 atom stereocenters. The third-order valence-electron chi connectivity index (χ3n) is 4.90. The van der Waals surface area contributed by atoms with E-state index in [0.29, 0.717) is 12.1 Å². The van der Waals surface area contributed by atoms with Crippen LogP contribution in [0.3, 0.4) is 0 Å². The van der Waals surface area contributed by atoms with Gasteiger partial charge in [0.05, 0.1) is 12.1 Å². The lowest BCUT2D eigenvalue weighted by Gasteiger charge is -2.45. The zero-order valence-corrected chi connectivity index (χ0v) is 13.0. The van der Waals surface area contributed by atoms with Crippen LogP contribution in [0.25, 0.3) is 0 Å². The molecule has 1 aliphatic heterocycles. The SMILES string of the molecule is CNC(CO)(CN1C(C)CCCC1C)c1ccccc1. The van der Waals surface area contributed by atoms with Crippen LogP contribution >= 0.6 is 0 Å². The fourth-order valence-electron chi connectivity index (χ4n) is 3.39. The number of likely N-dealkylation sites (tertiary alicyclic amines) is 1. The van der Waals surface area contributed by atoms with Crippen LogP contribution in [0.1, 0.15) is 38.7 Å². The van der Waals surface area contributed by atoms with Crippen LogP contribution in [-0.2, 0) is 5.54 Å². The third-order valence-corrected chi connectivity index (χ3v) is 4.90. The Kier molecular flexibility index (Phi) is 5.19. The molecular formula is C17H28N2O. The topological polar surface area (TPSA) is 35.5 Å². The molecule has 2 N–H and O–H groups in total. The summed E-state index contributed by atoms with van der Waals surface area (Å²) in [6.07, 6.45) is 3.82. The van der Waals surface area contributed by atoms with Gasteiger partial charge < -0.3 is 10.4 Å². The highest BCUT2D eigenvalue weighted by atomic mass is 16.3. The van der Waals surface area contributed by atoms with E-state index in [1.807, 2.05) is 25.2 Å². The summed E-state index contributed by atoms with van der Waals surface area (Å²) in [4.78, 5) is 2.54. The quantitative estimate of drug-likeness (QED) is 0.866. The van der Waals surface area contributed by atoms with Crippen molar-refractivity contribution in [2.24, 2.45) is 0 Å². The van der Waals surface area contributed by atoms with Crippen molar-refractivity contribution in [3.63, 3.8) is 0 Å². The standard InChI is InChI=1S/C17H28N2O/c1-14-8-7-9-15(2)19(14)12-17(13-20,18-3)16-10-5-4-6-11-16/h4-6,10-11,14-15,18,20H,7-9,12-13H2,1-3H3. The molecule has 20 heavy (non-hydrogen) atoms. The van der Waals surface area contributed by atoms with E-state index < -0.39 is 0 Å². The summed E-state index contributed by atoms with van der Waals surface area (Å²) in [6.45, 7) is 5.58. The molecule has 0 saturated carbocycles. The highest BCUT2D eigenvalue weighted by Crippen LogP contribution is 2.28. The normalized spacial score (nSPS) is 27.2. The van der Waals surface area contributed by atoms with Gasteiger partial charge in [0, 0.05) is 18.6 Å². The molecule has 1 saturated heterocycles. The number of rotatable bonds is 5. The summed E-state index contributed by atoms with van der Waals surface area (Å²) in [6, 6.07) is 11.5. The first-order chi connectivity index (χ1) is 9.63.